The van der Waals surface area contributed by atoms with Gasteiger partial charge in [-0.1, -0.05) is 176 Å². The maximum atomic E-state index is 2.51. The van der Waals surface area contributed by atoms with E-state index in [1.807, 2.05) is 0 Å². The molecule has 0 saturated heterocycles. The number of hydrogen-bond acceptors (Lipinski definition) is 0. The largest absolute Gasteiger partial charge is 0.0622 e. The van der Waals surface area contributed by atoms with Gasteiger partial charge in [0, 0.05) is 0 Å². The molecule has 0 heteroatoms. The Kier molecular flexibility index (Phi) is 6.35. The average molecular weight is 657 g/mol. The summed E-state index contributed by atoms with van der Waals surface area (Å²) >= 11 is 0. The van der Waals surface area contributed by atoms with Gasteiger partial charge in [-0.3, -0.25) is 0 Å². The molecule has 0 N–H and O–H groups in total. The molecule has 10 aromatic carbocycles. The zero-order valence-electron chi connectivity index (χ0n) is 28.5. The third-order valence-electron chi connectivity index (χ3n) is 11.2. The smallest absolute Gasteiger partial charge is 0.000719 e. The molecule has 0 nitrogen and oxygen atoms in total. The Morgan fingerprint density at radius 1 is 0.192 bits per heavy atom. The van der Waals surface area contributed by atoms with Crippen molar-refractivity contribution in [1.29, 1.82) is 0 Å². The van der Waals surface area contributed by atoms with Gasteiger partial charge >= 0.3 is 0 Å². The molecule has 240 valence electrons. The van der Waals surface area contributed by atoms with Crippen molar-refractivity contribution in [3.05, 3.63) is 194 Å². The first-order chi connectivity index (χ1) is 25.8. The molecule has 1 aliphatic rings. The molecular formula is C52H32. The van der Waals surface area contributed by atoms with E-state index >= 15 is 0 Å². The molecule has 0 fully saturated rings. The summed E-state index contributed by atoms with van der Waals surface area (Å²) in [5, 5.41) is 10.3. The summed E-state index contributed by atoms with van der Waals surface area (Å²) in [6.45, 7) is 0. The van der Waals surface area contributed by atoms with E-state index in [-0.39, 0.29) is 0 Å². The average Bonchev–Trinajstić information content (AvgIpc) is 3.55. The van der Waals surface area contributed by atoms with E-state index in [0.717, 1.165) is 0 Å². The van der Waals surface area contributed by atoms with Crippen LogP contribution in [0.25, 0.3) is 110 Å². The summed E-state index contributed by atoms with van der Waals surface area (Å²) in [5.74, 6) is 0. The standard InChI is InChI=1S/C52H32/c1-5-16-33(17-6-1)37-28-29-41-46(30-37)49(36-22-11-4-12-23-36)52-47-32-44-39-25-14-13-24-38(39)43(34-18-7-2-8-19-34)31-45(44)40-26-15-27-42(50(40)47)51(52)48(41)35-20-9-3-10-21-35/h1-32H. The zero-order valence-corrected chi connectivity index (χ0v) is 28.5. The Morgan fingerprint density at radius 2 is 0.692 bits per heavy atom. The first-order valence-electron chi connectivity index (χ1n) is 18.1. The second-order valence-electron chi connectivity index (χ2n) is 13.9. The lowest BCUT2D eigenvalue weighted by Crippen LogP contribution is -1.94. The summed E-state index contributed by atoms with van der Waals surface area (Å²) in [6, 6.07) is 71.7. The van der Waals surface area contributed by atoms with Crippen molar-refractivity contribution >= 4 is 43.1 Å². The molecule has 52 heavy (non-hydrogen) atoms. The highest BCUT2D eigenvalue weighted by molar-refractivity contribution is 6.33. The minimum Gasteiger partial charge on any atom is -0.0622 e. The van der Waals surface area contributed by atoms with Crippen LogP contribution in [0.5, 0.6) is 0 Å². The van der Waals surface area contributed by atoms with Crippen LogP contribution >= 0.6 is 0 Å². The molecule has 0 bridgehead atoms. The van der Waals surface area contributed by atoms with Gasteiger partial charge in [0.25, 0.3) is 0 Å². The summed E-state index contributed by atoms with van der Waals surface area (Å²) in [6.07, 6.45) is 0. The molecule has 0 aromatic heterocycles. The molecule has 0 aliphatic heterocycles. The van der Waals surface area contributed by atoms with Gasteiger partial charge in [-0.2, -0.15) is 0 Å². The minimum atomic E-state index is 1.22. The van der Waals surface area contributed by atoms with E-state index in [0.29, 0.717) is 0 Å². The second-order valence-corrected chi connectivity index (χ2v) is 13.9. The lowest BCUT2D eigenvalue weighted by Gasteiger charge is -2.21. The predicted octanol–water partition coefficient (Wildman–Crippen LogP) is 14.6. The van der Waals surface area contributed by atoms with Gasteiger partial charge in [-0.15, -0.1) is 0 Å². The lowest BCUT2D eigenvalue weighted by molar-refractivity contribution is 1.61. The van der Waals surface area contributed by atoms with Crippen LogP contribution in [0.15, 0.2) is 194 Å². The highest BCUT2D eigenvalue weighted by atomic mass is 14.3. The molecular weight excluding hydrogens is 625 g/mol. The molecule has 0 amide bonds. The van der Waals surface area contributed by atoms with E-state index in [4.69, 9.17) is 0 Å². The van der Waals surface area contributed by atoms with Crippen molar-refractivity contribution in [1.82, 2.24) is 0 Å². The van der Waals surface area contributed by atoms with Gasteiger partial charge in [-0.05, 0) is 128 Å². The van der Waals surface area contributed by atoms with Crippen molar-refractivity contribution in [2.24, 2.45) is 0 Å². The van der Waals surface area contributed by atoms with Crippen LogP contribution in [0.2, 0.25) is 0 Å². The Bertz CT molecular complexity index is 3010. The van der Waals surface area contributed by atoms with Crippen molar-refractivity contribution in [2.75, 3.05) is 0 Å². The molecule has 0 radical (unpaired) electrons. The van der Waals surface area contributed by atoms with Crippen molar-refractivity contribution < 1.29 is 0 Å². The summed E-state index contributed by atoms with van der Waals surface area (Å²) < 4.78 is 0. The monoisotopic (exact) mass is 656 g/mol. The Balaban J connectivity index is 1.35. The van der Waals surface area contributed by atoms with E-state index in [1.165, 1.54) is 110 Å². The summed E-state index contributed by atoms with van der Waals surface area (Å²) in [4.78, 5) is 0. The number of hydrogen-bond donors (Lipinski definition) is 0. The predicted molar refractivity (Wildman–Crippen MR) is 223 cm³/mol. The molecule has 10 aromatic rings. The van der Waals surface area contributed by atoms with Gasteiger partial charge in [-0.25, -0.2) is 0 Å². The highest BCUT2D eigenvalue weighted by Gasteiger charge is 2.31. The van der Waals surface area contributed by atoms with Crippen LogP contribution in [-0.4, -0.2) is 0 Å². The van der Waals surface area contributed by atoms with Gasteiger partial charge in [0.1, 0.15) is 0 Å². The second kappa shape index (κ2) is 11.4. The number of benzene rings is 10. The Labute approximate surface area is 302 Å². The summed E-state index contributed by atoms with van der Waals surface area (Å²) in [5.41, 5.74) is 15.3. The zero-order chi connectivity index (χ0) is 34.2. The molecule has 1 aliphatic carbocycles. The van der Waals surface area contributed by atoms with Gasteiger partial charge in [0.15, 0.2) is 0 Å². The first kappa shape index (κ1) is 29.0. The van der Waals surface area contributed by atoms with Crippen LogP contribution in [0.3, 0.4) is 0 Å². The van der Waals surface area contributed by atoms with Crippen LogP contribution < -0.4 is 0 Å². The van der Waals surface area contributed by atoms with Crippen LogP contribution in [0.1, 0.15) is 0 Å². The van der Waals surface area contributed by atoms with E-state index in [2.05, 4.69) is 194 Å². The summed E-state index contributed by atoms with van der Waals surface area (Å²) in [7, 11) is 0. The maximum absolute atomic E-state index is 2.51. The normalized spacial score (nSPS) is 11.8. The van der Waals surface area contributed by atoms with Crippen LogP contribution in [-0.2, 0) is 0 Å². The van der Waals surface area contributed by atoms with Crippen LogP contribution in [0.4, 0.5) is 0 Å². The molecule has 0 unspecified atom stereocenters. The van der Waals surface area contributed by atoms with Crippen molar-refractivity contribution in [3.63, 3.8) is 0 Å². The third-order valence-corrected chi connectivity index (χ3v) is 11.2. The SMILES string of the molecule is c1ccc(-c2ccc3c(-c4ccccc4)c4c(c(-c5ccccc5)c3c2)-c2cc3c5ccccc5c(-c5ccccc5)cc3c3cccc-4c23)cc1. The van der Waals surface area contributed by atoms with Crippen LogP contribution in [0, 0.1) is 0 Å². The molecule has 0 atom stereocenters. The Morgan fingerprint density at radius 3 is 1.37 bits per heavy atom. The maximum Gasteiger partial charge on any atom is -0.000719 e. The Hall–Kier alpha value is -6.76. The quantitative estimate of drug-likeness (QED) is 0.165. The fraction of sp³-hybridized carbons (Fsp3) is 0. The number of fused-ring (bicyclic) bond motifs is 8. The molecule has 11 rings (SSSR count). The molecule has 0 heterocycles. The highest BCUT2D eigenvalue weighted by Crippen LogP contribution is 2.59. The van der Waals surface area contributed by atoms with E-state index in [9.17, 15) is 0 Å². The van der Waals surface area contributed by atoms with Crippen molar-refractivity contribution in [2.45, 2.75) is 0 Å². The van der Waals surface area contributed by atoms with Crippen molar-refractivity contribution in [3.8, 4) is 66.8 Å². The fourth-order valence-corrected chi connectivity index (χ4v) is 8.97. The topological polar surface area (TPSA) is 0 Å². The van der Waals surface area contributed by atoms with Gasteiger partial charge in [0.2, 0.25) is 0 Å². The van der Waals surface area contributed by atoms with Gasteiger partial charge < -0.3 is 0 Å². The number of rotatable bonds is 4. The fourth-order valence-electron chi connectivity index (χ4n) is 8.97. The first-order valence-corrected chi connectivity index (χ1v) is 18.1. The van der Waals surface area contributed by atoms with E-state index in [1.54, 1.807) is 0 Å². The molecule has 0 spiro atoms. The lowest BCUT2D eigenvalue weighted by atomic mass is 9.81. The van der Waals surface area contributed by atoms with Gasteiger partial charge in [0.05, 0.1) is 0 Å². The van der Waals surface area contributed by atoms with E-state index < -0.39 is 0 Å². The third kappa shape index (κ3) is 4.22. The molecule has 0 saturated carbocycles. The minimum absolute atomic E-state index is 1.22.